The molecule has 1 aromatic carbocycles. The molecular formula is C18H23N3O2. The van der Waals surface area contributed by atoms with E-state index in [0.717, 1.165) is 19.6 Å². The van der Waals surface area contributed by atoms with Crippen molar-refractivity contribution in [2.24, 2.45) is 0 Å². The molecule has 1 atom stereocenters. The number of oxazole rings is 1. The van der Waals surface area contributed by atoms with Crippen LogP contribution in [0.25, 0.3) is 0 Å². The number of benzene rings is 1. The van der Waals surface area contributed by atoms with E-state index in [1.807, 2.05) is 0 Å². The quantitative estimate of drug-likeness (QED) is 0.921. The zero-order valence-electron chi connectivity index (χ0n) is 13.7. The lowest BCUT2D eigenvalue weighted by atomic mass is 9.94. The van der Waals surface area contributed by atoms with Crippen molar-refractivity contribution in [3.63, 3.8) is 0 Å². The molecule has 23 heavy (non-hydrogen) atoms. The minimum absolute atomic E-state index is 0.161. The third-order valence-electron chi connectivity index (χ3n) is 4.57. The Hall–Kier alpha value is -2.14. The van der Waals surface area contributed by atoms with Crippen molar-refractivity contribution >= 4 is 5.91 Å². The fraction of sp³-hybridized carbons (Fsp3) is 0.444. The lowest BCUT2D eigenvalue weighted by Gasteiger charge is -2.17. The molecule has 2 aromatic rings. The van der Waals surface area contributed by atoms with Gasteiger partial charge in [0.1, 0.15) is 5.76 Å². The molecular weight excluding hydrogens is 290 g/mol. The standard InChI is InChI=1S/C18H23N3O2/c1-13-5-3-4-6-16(13)15-7-9-21(11-15)10-8-19-18(22)17-14(2)23-12-20-17/h3-6,12,15H,7-11H2,1-2H3,(H,19,22)/t15-/m0/s1. The molecule has 1 fully saturated rings. The van der Waals surface area contributed by atoms with Crippen molar-refractivity contribution in [3.05, 3.63) is 53.2 Å². The molecule has 1 aliphatic heterocycles. The molecule has 2 heterocycles. The first-order chi connectivity index (χ1) is 11.1. The van der Waals surface area contributed by atoms with E-state index >= 15 is 0 Å². The molecule has 3 rings (SSSR count). The second-order valence-electron chi connectivity index (χ2n) is 6.16. The van der Waals surface area contributed by atoms with Gasteiger partial charge in [-0.1, -0.05) is 24.3 Å². The highest BCUT2D eigenvalue weighted by Gasteiger charge is 2.24. The summed E-state index contributed by atoms with van der Waals surface area (Å²) < 4.78 is 5.06. The Balaban J connectivity index is 1.47. The Morgan fingerprint density at radius 3 is 2.96 bits per heavy atom. The van der Waals surface area contributed by atoms with Gasteiger partial charge >= 0.3 is 0 Å². The number of aromatic nitrogens is 1. The maximum absolute atomic E-state index is 12.0. The summed E-state index contributed by atoms with van der Waals surface area (Å²) in [5.41, 5.74) is 3.20. The van der Waals surface area contributed by atoms with Gasteiger partial charge < -0.3 is 14.6 Å². The first-order valence-corrected chi connectivity index (χ1v) is 8.11. The average Bonchev–Trinajstić information content (AvgIpc) is 3.17. The maximum Gasteiger partial charge on any atom is 0.273 e. The van der Waals surface area contributed by atoms with Gasteiger partial charge in [-0.15, -0.1) is 0 Å². The van der Waals surface area contributed by atoms with Crippen LogP contribution in [0.5, 0.6) is 0 Å². The summed E-state index contributed by atoms with van der Waals surface area (Å²) in [6.07, 6.45) is 2.48. The molecule has 0 unspecified atom stereocenters. The van der Waals surface area contributed by atoms with Crippen LogP contribution in [0.15, 0.2) is 35.1 Å². The van der Waals surface area contributed by atoms with Crippen LogP contribution in [0.4, 0.5) is 0 Å². The van der Waals surface area contributed by atoms with Gasteiger partial charge in [-0.3, -0.25) is 4.79 Å². The van der Waals surface area contributed by atoms with Crippen LogP contribution in [-0.2, 0) is 0 Å². The lowest BCUT2D eigenvalue weighted by Crippen LogP contribution is -2.34. The van der Waals surface area contributed by atoms with Gasteiger partial charge in [0, 0.05) is 19.6 Å². The van der Waals surface area contributed by atoms with Crippen molar-refractivity contribution in [1.29, 1.82) is 0 Å². The van der Waals surface area contributed by atoms with E-state index in [4.69, 9.17) is 4.42 Å². The number of nitrogens with zero attached hydrogens (tertiary/aromatic N) is 2. The summed E-state index contributed by atoms with van der Waals surface area (Å²) in [5, 5.41) is 2.92. The minimum atomic E-state index is -0.161. The molecule has 5 heteroatoms. The summed E-state index contributed by atoms with van der Waals surface area (Å²) in [7, 11) is 0. The van der Waals surface area contributed by atoms with Crippen LogP contribution in [0.1, 0.15) is 39.7 Å². The van der Waals surface area contributed by atoms with Gasteiger partial charge in [-0.2, -0.15) is 0 Å². The fourth-order valence-corrected chi connectivity index (χ4v) is 3.27. The molecule has 1 N–H and O–H groups in total. The molecule has 0 bridgehead atoms. The molecule has 5 nitrogen and oxygen atoms in total. The summed E-state index contributed by atoms with van der Waals surface area (Å²) in [5.74, 6) is 0.999. The molecule has 0 radical (unpaired) electrons. The van der Waals surface area contributed by atoms with Crippen LogP contribution in [0.3, 0.4) is 0 Å². The second-order valence-corrected chi connectivity index (χ2v) is 6.16. The Kier molecular flexibility index (Phi) is 4.76. The highest BCUT2D eigenvalue weighted by molar-refractivity contribution is 5.92. The number of likely N-dealkylation sites (tertiary alicyclic amines) is 1. The van der Waals surface area contributed by atoms with E-state index in [-0.39, 0.29) is 5.91 Å². The van der Waals surface area contributed by atoms with E-state index in [9.17, 15) is 4.79 Å². The van der Waals surface area contributed by atoms with Crippen LogP contribution >= 0.6 is 0 Å². The van der Waals surface area contributed by atoms with Gasteiger partial charge in [0.15, 0.2) is 12.1 Å². The zero-order chi connectivity index (χ0) is 16.2. The summed E-state index contributed by atoms with van der Waals surface area (Å²) in [6, 6.07) is 8.62. The molecule has 0 spiro atoms. The molecule has 1 saturated heterocycles. The largest absolute Gasteiger partial charge is 0.448 e. The number of carbonyl (C=O) groups is 1. The summed E-state index contributed by atoms with van der Waals surface area (Å²) >= 11 is 0. The first-order valence-electron chi connectivity index (χ1n) is 8.11. The number of amides is 1. The lowest BCUT2D eigenvalue weighted by molar-refractivity contribution is 0.0944. The highest BCUT2D eigenvalue weighted by Crippen LogP contribution is 2.28. The molecule has 1 aliphatic rings. The molecule has 122 valence electrons. The van der Waals surface area contributed by atoms with E-state index < -0.39 is 0 Å². The third kappa shape index (κ3) is 3.62. The van der Waals surface area contributed by atoms with Crippen LogP contribution in [-0.4, -0.2) is 42.0 Å². The molecule has 0 saturated carbocycles. The molecule has 1 amide bonds. The van der Waals surface area contributed by atoms with Crippen molar-refractivity contribution in [1.82, 2.24) is 15.2 Å². The third-order valence-corrected chi connectivity index (χ3v) is 4.57. The number of hydrogen-bond acceptors (Lipinski definition) is 4. The predicted octanol–water partition coefficient (Wildman–Crippen LogP) is 2.51. The minimum Gasteiger partial charge on any atom is -0.448 e. The summed E-state index contributed by atoms with van der Waals surface area (Å²) in [6.45, 7) is 7.56. The fourth-order valence-electron chi connectivity index (χ4n) is 3.27. The van der Waals surface area contributed by atoms with E-state index in [1.165, 1.54) is 23.9 Å². The van der Waals surface area contributed by atoms with E-state index in [0.29, 0.717) is 23.9 Å². The van der Waals surface area contributed by atoms with Gasteiger partial charge in [-0.05, 0) is 43.9 Å². The van der Waals surface area contributed by atoms with Crippen molar-refractivity contribution in [2.45, 2.75) is 26.2 Å². The van der Waals surface area contributed by atoms with Crippen molar-refractivity contribution < 1.29 is 9.21 Å². The maximum atomic E-state index is 12.0. The topological polar surface area (TPSA) is 58.4 Å². The van der Waals surface area contributed by atoms with Crippen LogP contribution < -0.4 is 5.32 Å². The Morgan fingerprint density at radius 2 is 2.22 bits per heavy atom. The number of hydrogen-bond donors (Lipinski definition) is 1. The Bertz CT molecular complexity index is 680. The van der Waals surface area contributed by atoms with Crippen molar-refractivity contribution in [3.8, 4) is 0 Å². The monoisotopic (exact) mass is 313 g/mol. The Morgan fingerprint density at radius 1 is 1.39 bits per heavy atom. The van der Waals surface area contributed by atoms with E-state index in [2.05, 4.69) is 46.4 Å². The molecule has 0 aliphatic carbocycles. The second kappa shape index (κ2) is 6.96. The SMILES string of the molecule is Cc1ccccc1[C@H]1CCN(CCNC(=O)c2ncoc2C)C1. The number of aryl methyl sites for hydroxylation is 2. The van der Waals surface area contributed by atoms with Crippen molar-refractivity contribution in [2.75, 3.05) is 26.2 Å². The number of carbonyl (C=O) groups excluding carboxylic acids is 1. The Labute approximate surface area is 136 Å². The summed E-state index contributed by atoms with van der Waals surface area (Å²) in [4.78, 5) is 18.3. The number of nitrogens with one attached hydrogen (secondary N) is 1. The normalized spacial score (nSPS) is 18.3. The first kappa shape index (κ1) is 15.7. The predicted molar refractivity (Wildman–Crippen MR) is 88.6 cm³/mol. The van der Waals surface area contributed by atoms with Gasteiger partial charge in [0.05, 0.1) is 0 Å². The smallest absolute Gasteiger partial charge is 0.273 e. The van der Waals surface area contributed by atoms with Gasteiger partial charge in [-0.25, -0.2) is 4.98 Å². The van der Waals surface area contributed by atoms with E-state index in [1.54, 1.807) is 6.92 Å². The van der Waals surface area contributed by atoms with Gasteiger partial charge in [0.2, 0.25) is 0 Å². The van der Waals surface area contributed by atoms with Crippen LogP contribution in [0, 0.1) is 13.8 Å². The number of rotatable bonds is 5. The highest BCUT2D eigenvalue weighted by atomic mass is 16.3. The zero-order valence-corrected chi connectivity index (χ0v) is 13.7. The van der Waals surface area contributed by atoms with Crippen LogP contribution in [0.2, 0.25) is 0 Å². The average molecular weight is 313 g/mol. The van der Waals surface area contributed by atoms with Gasteiger partial charge in [0.25, 0.3) is 5.91 Å². The molecule has 1 aromatic heterocycles.